The number of hydrogen-bond donors (Lipinski definition) is 2. The molecule has 76 valence electrons. The first-order valence-corrected chi connectivity index (χ1v) is 4.65. The maximum atomic E-state index is 11.4. The second-order valence-corrected chi connectivity index (χ2v) is 3.13. The average Bonchev–Trinajstić information content (AvgIpc) is 2.09. The van der Waals surface area contributed by atoms with E-state index in [0.29, 0.717) is 11.5 Å². The van der Waals surface area contributed by atoms with Gasteiger partial charge in [-0.25, -0.2) is 0 Å². The Morgan fingerprint density at radius 1 is 1.50 bits per heavy atom. The van der Waals surface area contributed by atoms with Gasteiger partial charge in [-0.15, -0.1) is 0 Å². The normalized spacial score (nSPS) is 17.3. The van der Waals surface area contributed by atoms with Gasteiger partial charge < -0.3 is 10.6 Å². The highest BCUT2D eigenvalue weighted by Gasteiger charge is 2.17. The quantitative estimate of drug-likeness (QED) is 0.663. The molecule has 1 rings (SSSR count). The molecule has 0 aromatic carbocycles. The van der Waals surface area contributed by atoms with Crippen molar-refractivity contribution in [2.75, 3.05) is 0 Å². The molecule has 0 bridgehead atoms. The van der Waals surface area contributed by atoms with Gasteiger partial charge in [0.1, 0.15) is 11.5 Å². The van der Waals surface area contributed by atoms with E-state index < -0.39 is 0 Å². The summed E-state index contributed by atoms with van der Waals surface area (Å²) in [5.74, 6) is 0.306. The van der Waals surface area contributed by atoms with Crippen molar-refractivity contribution in [2.24, 2.45) is 4.99 Å². The van der Waals surface area contributed by atoms with Crippen molar-refractivity contribution in [2.45, 2.75) is 26.7 Å². The molecule has 0 aromatic heterocycles. The molecular weight excluding hydrogens is 178 g/mol. The van der Waals surface area contributed by atoms with Gasteiger partial charge in [-0.05, 0) is 13.3 Å². The third-order valence-corrected chi connectivity index (χ3v) is 1.81. The predicted molar refractivity (Wildman–Crippen MR) is 56.5 cm³/mol. The molecule has 0 radical (unpaired) electrons. The third-order valence-electron chi connectivity index (χ3n) is 1.81. The fourth-order valence-corrected chi connectivity index (χ4v) is 1.12. The Hall–Kier alpha value is -1.58. The Bertz CT molecular complexity index is 315. The van der Waals surface area contributed by atoms with Crippen molar-refractivity contribution < 1.29 is 4.79 Å². The van der Waals surface area contributed by atoms with Gasteiger partial charge in [0.25, 0.3) is 5.91 Å². The second kappa shape index (κ2) is 4.60. The lowest BCUT2D eigenvalue weighted by Gasteiger charge is -2.18. The van der Waals surface area contributed by atoms with Gasteiger partial charge >= 0.3 is 0 Å². The van der Waals surface area contributed by atoms with Crippen LogP contribution in [-0.2, 0) is 4.79 Å². The monoisotopic (exact) mass is 193 g/mol. The van der Waals surface area contributed by atoms with Crippen molar-refractivity contribution in [3.8, 4) is 0 Å². The Morgan fingerprint density at radius 3 is 2.79 bits per heavy atom. The molecule has 1 heterocycles. The van der Waals surface area contributed by atoms with E-state index >= 15 is 0 Å². The molecule has 4 heteroatoms. The standard InChI is InChI=1S/C10H15N3O/c1-4-5-6-11-9-7(2)12-8(3)13-10(9)14/h6,12H,3-5H2,1-2H3,(H,13,14)/b11-6-. The lowest BCUT2D eigenvalue weighted by Crippen LogP contribution is -2.37. The van der Waals surface area contributed by atoms with Crippen LogP contribution in [0.1, 0.15) is 26.7 Å². The minimum absolute atomic E-state index is 0.196. The molecule has 0 spiro atoms. The average molecular weight is 193 g/mol. The van der Waals surface area contributed by atoms with E-state index in [1.54, 1.807) is 6.21 Å². The maximum absolute atomic E-state index is 11.4. The summed E-state index contributed by atoms with van der Waals surface area (Å²) in [7, 11) is 0. The summed E-state index contributed by atoms with van der Waals surface area (Å²) >= 11 is 0. The molecule has 1 amide bonds. The minimum atomic E-state index is -0.196. The molecule has 0 unspecified atom stereocenters. The molecule has 0 aromatic rings. The van der Waals surface area contributed by atoms with E-state index in [1.165, 1.54) is 0 Å². The van der Waals surface area contributed by atoms with Crippen molar-refractivity contribution in [3.63, 3.8) is 0 Å². The summed E-state index contributed by atoms with van der Waals surface area (Å²) in [6, 6.07) is 0. The van der Waals surface area contributed by atoms with Gasteiger partial charge in [0, 0.05) is 11.9 Å². The predicted octanol–water partition coefficient (Wildman–Crippen LogP) is 1.28. The molecule has 2 N–H and O–H groups in total. The van der Waals surface area contributed by atoms with E-state index in [2.05, 4.69) is 29.1 Å². The molecule has 0 saturated carbocycles. The molecule has 0 fully saturated rings. The largest absolute Gasteiger partial charge is 0.344 e. The Labute approximate surface area is 83.8 Å². The van der Waals surface area contributed by atoms with Crippen LogP contribution >= 0.6 is 0 Å². The molecular formula is C10H15N3O. The van der Waals surface area contributed by atoms with Gasteiger partial charge in [-0.3, -0.25) is 9.79 Å². The molecule has 0 atom stereocenters. The summed E-state index contributed by atoms with van der Waals surface area (Å²) in [5.41, 5.74) is 1.18. The molecule has 1 aliphatic rings. The lowest BCUT2D eigenvalue weighted by atomic mass is 10.2. The summed E-state index contributed by atoms with van der Waals surface area (Å²) < 4.78 is 0. The minimum Gasteiger partial charge on any atom is -0.344 e. The lowest BCUT2D eigenvalue weighted by molar-refractivity contribution is -0.117. The summed E-state index contributed by atoms with van der Waals surface area (Å²) in [5, 5.41) is 5.50. The van der Waals surface area contributed by atoms with Crippen molar-refractivity contribution >= 4 is 12.1 Å². The van der Waals surface area contributed by atoms with Crippen LogP contribution in [0.5, 0.6) is 0 Å². The van der Waals surface area contributed by atoms with E-state index in [9.17, 15) is 4.79 Å². The molecule has 0 saturated heterocycles. The van der Waals surface area contributed by atoms with Crippen molar-refractivity contribution in [1.82, 2.24) is 10.6 Å². The maximum Gasteiger partial charge on any atom is 0.277 e. The number of nitrogens with one attached hydrogen (secondary N) is 2. The third kappa shape index (κ3) is 2.45. The summed E-state index contributed by atoms with van der Waals surface area (Å²) in [4.78, 5) is 15.5. The topological polar surface area (TPSA) is 53.5 Å². The Kier molecular flexibility index (Phi) is 3.45. The highest BCUT2D eigenvalue weighted by Crippen LogP contribution is 2.09. The number of amides is 1. The number of allylic oxidation sites excluding steroid dienone is 1. The molecule has 14 heavy (non-hydrogen) atoms. The van der Waals surface area contributed by atoms with E-state index in [-0.39, 0.29) is 5.91 Å². The van der Waals surface area contributed by atoms with Crippen LogP contribution in [0, 0.1) is 0 Å². The first-order chi connectivity index (χ1) is 6.65. The fourth-order valence-electron chi connectivity index (χ4n) is 1.12. The smallest absolute Gasteiger partial charge is 0.277 e. The van der Waals surface area contributed by atoms with E-state index in [1.807, 2.05) is 6.92 Å². The van der Waals surface area contributed by atoms with Crippen LogP contribution in [0.15, 0.2) is 28.8 Å². The van der Waals surface area contributed by atoms with E-state index in [0.717, 1.165) is 18.5 Å². The van der Waals surface area contributed by atoms with Crippen molar-refractivity contribution in [3.05, 3.63) is 23.8 Å². The Balaban J connectivity index is 2.79. The van der Waals surface area contributed by atoms with Crippen LogP contribution in [-0.4, -0.2) is 12.1 Å². The number of rotatable bonds is 3. The fraction of sp³-hybridized carbons (Fsp3) is 0.400. The van der Waals surface area contributed by atoms with Crippen LogP contribution < -0.4 is 10.6 Å². The van der Waals surface area contributed by atoms with Gasteiger partial charge in [0.2, 0.25) is 0 Å². The Morgan fingerprint density at radius 2 is 2.21 bits per heavy atom. The van der Waals surface area contributed by atoms with Gasteiger partial charge in [0.05, 0.1) is 0 Å². The van der Waals surface area contributed by atoms with Gasteiger partial charge in [-0.2, -0.15) is 0 Å². The number of nitrogens with zero attached hydrogens (tertiary/aromatic N) is 1. The number of carbonyl (C=O) groups is 1. The zero-order valence-corrected chi connectivity index (χ0v) is 8.55. The SMILES string of the molecule is C=C1NC(=O)C(/N=C\CCC)=C(C)N1. The zero-order chi connectivity index (χ0) is 10.6. The highest BCUT2D eigenvalue weighted by atomic mass is 16.2. The number of carbonyl (C=O) groups excluding carboxylic acids is 1. The number of aliphatic imine (C=N–C) groups is 1. The highest BCUT2D eigenvalue weighted by molar-refractivity contribution is 5.97. The summed E-state index contributed by atoms with van der Waals surface area (Å²) in [6.45, 7) is 7.49. The van der Waals surface area contributed by atoms with Crippen LogP contribution in [0.4, 0.5) is 0 Å². The first kappa shape index (κ1) is 10.5. The van der Waals surface area contributed by atoms with Crippen LogP contribution in [0.3, 0.4) is 0 Å². The molecule has 0 aliphatic carbocycles. The second-order valence-electron chi connectivity index (χ2n) is 3.13. The molecule has 4 nitrogen and oxygen atoms in total. The summed E-state index contributed by atoms with van der Waals surface area (Å²) in [6.07, 6.45) is 3.66. The number of hydrogen-bond acceptors (Lipinski definition) is 3. The van der Waals surface area contributed by atoms with Gasteiger partial charge in [-0.1, -0.05) is 19.9 Å². The first-order valence-electron chi connectivity index (χ1n) is 4.65. The molecule has 1 aliphatic heterocycles. The van der Waals surface area contributed by atoms with Crippen molar-refractivity contribution in [1.29, 1.82) is 0 Å². The van der Waals surface area contributed by atoms with Crippen LogP contribution in [0.2, 0.25) is 0 Å². The van der Waals surface area contributed by atoms with Crippen LogP contribution in [0.25, 0.3) is 0 Å². The zero-order valence-electron chi connectivity index (χ0n) is 8.55. The van der Waals surface area contributed by atoms with E-state index in [4.69, 9.17) is 0 Å². The van der Waals surface area contributed by atoms with Gasteiger partial charge in [0.15, 0.2) is 0 Å². The number of unbranched alkanes of at least 4 members (excludes halogenated alkanes) is 1.